The van der Waals surface area contributed by atoms with E-state index in [0.717, 1.165) is 23.3 Å². The Morgan fingerprint density at radius 2 is 1.83 bits per heavy atom. The van der Waals surface area contributed by atoms with E-state index in [-0.39, 0.29) is 11.4 Å². The van der Waals surface area contributed by atoms with Gasteiger partial charge in [-0.1, -0.05) is 31.4 Å². The minimum atomic E-state index is 0.0127. The fourth-order valence-corrected chi connectivity index (χ4v) is 2.79. The van der Waals surface area contributed by atoms with Crippen molar-refractivity contribution in [1.29, 1.82) is 0 Å². The van der Waals surface area contributed by atoms with Gasteiger partial charge in [0.1, 0.15) is 0 Å². The van der Waals surface area contributed by atoms with Crippen molar-refractivity contribution < 1.29 is 4.79 Å². The minimum absolute atomic E-state index is 0.0127. The fourth-order valence-electron chi connectivity index (χ4n) is 2.64. The van der Waals surface area contributed by atoms with Crippen molar-refractivity contribution in [2.24, 2.45) is 0 Å². The third-order valence-electron chi connectivity index (χ3n) is 3.70. The van der Waals surface area contributed by atoms with Gasteiger partial charge in [0.05, 0.1) is 6.42 Å². The molecular weight excluding hydrogens is 242 g/mol. The lowest BCUT2D eigenvalue weighted by Crippen LogP contribution is -2.47. The van der Waals surface area contributed by atoms with Gasteiger partial charge in [-0.15, -0.1) is 12.6 Å². The average molecular weight is 263 g/mol. The van der Waals surface area contributed by atoms with E-state index >= 15 is 0 Å². The summed E-state index contributed by atoms with van der Waals surface area (Å²) in [7, 11) is 0. The lowest BCUT2D eigenvalue weighted by molar-refractivity contribution is -0.122. The summed E-state index contributed by atoms with van der Waals surface area (Å²) in [5.74, 6) is 0.131. The lowest BCUT2D eigenvalue weighted by atomic mass is 9.83. The Kier molecular flexibility index (Phi) is 4.33. The maximum absolute atomic E-state index is 12.0. The average Bonchev–Trinajstić information content (AvgIpc) is 2.32. The van der Waals surface area contributed by atoms with Crippen LogP contribution in [0.2, 0.25) is 0 Å². The van der Waals surface area contributed by atoms with Gasteiger partial charge in [-0.2, -0.15) is 0 Å². The van der Waals surface area contributed by atoms with Crippen molar-refractivity contribution in [3.05, 3.63) is 29.8 Å². The molecule has 0 radical (unpaired) electrons. The second-order valence-electron chi connectivity index (χ2n) is 5.51. The Labute approximate surface area is 115 Å². The molecule has 98 valence electrons. The Balaban J connectivity index is 1.90. The molecule has 1 aromatic carbocycles. The number of benzene rings is 1. The van der Waals surface area contributed by atoms with E-state index in [1.807, 2.05) is 24.3 Å². The summed E-state index contributed by atoms with van der Waals surface area (Å²) in [6, 6.07) is 7.78. The fraction of sp³-hybridized carbons (Fsp3) is 0.533. The van der Waals surface area contributed by atoms with E-state index in [0.29, 0.717) is 6.42 Å². The summed E-state index contributed by atoms with van der Waals surface area (Å²) in [5.41, 5.74) is 1.06. The van der Waals surface area contributed by atoms with Gasteiger partial charge >= 0.3 is 0 Å². The molecular formula is C15H21NOS. The number of carbonyl (C=O) groups is 1. The second-order valence-corrected chi connectivity index (χ2v) is 6.03. The van der Waals surface area contributed by atoms with E-state index in [1.54, 1.807) is 0 Å². The van der Waals surface area contributed by atoms with Gasteiger partial charge in [0, 0.05) is 10.4 Å². The molecule has 0 spiro atoms. The molecule has 1 aliphatic carbocycles. The van der Waals surface area contributed by atoms with Crippen LogP contribution in [0.5, 0.6) is 0 Å². The number of thiol groups is 1. The van der Waals surface area contributed by atoms with Crippen LogP contribution >= 0.6 is 12.6 Å². The molecule has 0 aliphatic heterocycles. The highest BCUT2D eigenvalue weighted by atomic mass is 32.1. The Morgan fingerprint density at radius 3 is 2.44 bits per heavy atom. The van der Waals surface area contributed by atoms with E-state index in [1.165, 1.54) is 19.3 Å². The third-order valence-corrected chi connectivity index (χ3v) is 4.00. The molecule has 1 saturated carbocycles. The number of hydrogen-bond donors (Lipinski definition) is 2. The Bertz CT molecular complexity index is 407. The highest BCUT2D eigenvalue weighted by Gasteiger charge is 2.28. The van der Waals surface area contributed by atoms with Crippen LogP contribution < -0.4 is 5.32 Å². The predicted octanol–water partition coefficient (Wildman–Crippen LogP) is 3.36. The van der Waals surface area contributed by atoms with Crippen LogP contribution in [0.1, 0.15) is 44.6 Å². The molecule has 1 N–H and O–H groups in total. The van der Waals surface area contributed by atoms with Crippen molar-refractivity contribution in [1.82, 2.24) is 5.32 Å². The van der Waals surface area contributed by atoms with Gasteiger partial charge < -0.3 is 5.32 Å². The molecule has 18 heavy (non-hydrogen) atoms. The molecule has 1 fully saturated rings. The number of nitrogens with one attached hydrogen (secondary N) is 1. The van der Waals surface area contributed by atoms with Crippen LogP contribution in [-0.2, 0) is 11.2 Å². The van der Waals surface area contributed by atoms with Crippen LogP contribution in [0.25, 0.3) is 0 Å². The molecule has 2 nitrogen and oxygen atoms in total. The smallest absolute Gasteiger partial charge is 0.224 e. The first-order valence-corrected chi connectivity index (χ1v) is 7.11. The molecule has 0 heterocycles. The first kappa shape index (κ1) is 13.5. The molecule has 0 unspecified atom stereocenters. The number of rotatable bonds is 3. The van der Waals surface area contributed by atoms with Crippen LogP contribution in [-0.4, -0.2) is 11.4 Å². The first-order valence-electron chi connectivity index (χ1n) is 6.66. The largest absolute Gasteiger partial charge is 0.351 e. The van der Waals surface area contributed by atoms with Crippen molar-refractivity contribution in [2.75, 3.05) is 0 Å². The molecule has 0 aromatic heterocycles. The zero-order chi connectivity index (χ0) is 13.0. The van der Waals surface area contributed by atoms with E-state index in [9.17, 15) is 4.79 Å². The number of amides is 1. The second kappa shape index (κ2) is 5.79. The quantitative estimate of drug-likeness (QED) is 0.805. The molecule has 1 aliphatic rings. The summed E-state index contributed by atoms with van der Waals surface area (Å²) >= 11 is 4.24. The number of carbonyl (C=O) groups excluding carboxylic acids is 1. The summed E-state index contributed by atoms with van der Waals surface area (Å²) in [6.45, 7) is 2.17. The number of hydrogen-bond acceptors (Lipinski definition) is 2. The topological polar surface area (TPSA) is 29.1 Å². The van der Waals surface area contributed by atoms with Crippen LogP contribution in [0.15, 0.2) is 29.2 Å². The molecule has 1 amide bonds. The van der Waals surface area contributed by atoms with Gasteiger partial charge in [-0.3, -0.25) is 4.79 Å². The maximum atomic E-state index is 12.0. The molecule has 0 bridgehead atoms. The molecule has 0 saturated heterocycles. The Morgan fingerprint density at radius 1 is 1.22 bits per heavy atom. The van der Waals surface area contributed by atoms with Crippen molar-refractivity contribution in [3.8, 4) is 0 Å². The van der Waals surface area contributed by atoms with E-state index in [2.05, 4.69) is 24.9 Å². The van der Waals surface area contributed by atoms with Gasteiger partial charge in [0.15, 0.2) is 0 Å². The van der Waals surface area contributed by atoms with Crippen LogP contribution in [0, 0.1) is 0 Å². The van der Waals surface area contributed by atoms with Gasteiger partial charge in [-0.25, -0.2) is 0 Å². The normalized spacial score (nSPS) is 18.3. The lowest BCUT2D eigenvalue weighted by Gasteiger charge is -2.34. The summed E-state index contributed by atoms with van der Waals surface area (Å²) < 4.78 is 0. The highest BCUT2D eigenvalue weighted by Crippen LogP contribution is 2.27. The molecule has 1 aromatic rings. The standard InChI is InChI=1S/C15H21NOS/c1-15(9-3-2-4-10-15)16-14(17)11-12-5-7-13(18)8-6-12/h5-8,18H,2-4,9-11H2,1H3,(H,16,17). The van der Waals surface area contributed by atoms with Crippen molar-refractivity contribution in [3.63, 3.8) is 0 Å². The van der Waals surface area contributed by atoms with E-state index in [4.69, 9.17) is 0 Å². The van der Waals surface area contributed by atoms with Crippen molar-refractivity contribution in [2.45, 2.75) is 55.9 Å². The zero-order valence-electron chi connectivity index (χ0n) is 10.9. The van der Waals surface area contributed by atoms with Gasteiger partial charge in [0.2, 0.25) is 5.91 Å². The molecule has 0 atom stereocenters. The maximum Gasteiger partial charge on any atom is 0.224 e. The predicted molar refractivity (Wildman–Crippen MR) is 77.0 cm³/mol. The van der Waals surface area contributed by atoms with Crippen LogP contribution in [0.4, 0.5) is 0 Å². The minimum Gasteiger partial charge on any atom is -0.351 e. The van der Waals surface area contributed by atoms with Gasteiger partial charge in [0.25, 0.3) is 0 Å². The third kappa shape index (κ3) is 3.77. The SMILES string of the molecule is CC1(NC(=O)Cc2ccc(S)cc2)CCCCC1. The summed E-state index contributed by atoms with van der Waals surface area (Å²) in [6.07, 6.45) is 6.43. The van der Waals surface area contributed by atoms with Crippen molar-refractivity contribution >= 4 is 18.5 Å². The van der Waals surface area contributed by atoms with E-state index < -0.39 is 0 Å². The first-order chi connectivity index (χ1) is 8.57. The highest BCUT2D eigenvalue weighted by molar-refractivity contribution is 7.80. The summed E-state index contributed by atoms with van der Waals surface area (Å²) in [5, 5.41) is 3.20. The molecule has 2 rings (SSSR count). The Hall–Kier alpha value is -0.960. The van der Waals surface area contributed by atoms with Gasteiger partial charge in [-0.05, 0) is 37.5 Å². The molecule has 3 heteroatoms. The van der Waals surface area contributed by atoms with Crippen LogP contribution in [0.3, 0.4) is 0 Å². The zero-order valence-corrected chi connectivity index (χ0v) is 11.8. The monoisotopic (exact) mass is 263 g/mol. The summed E-state index contributed by atoms with van der Waals surface area (Å²) in [4.78, 5) is 13.0.